The molecule has 0 bridgehead atoms. The van der Waals surface area contributed by atoms with E-state index in [4.69, 9.17) is 0 Å². The first-order valence-corrected chi connectivity index (χ1v) is 6.05. The van der Waals surface area contributed by atoms with Crippen molar-refractivity contribution in [2.45, 2.75) is 54.4 Å². The third kappa shape index (κ3) is 4.30. The normalized spacial score (nSPS) is 19.9. The third-order valence-electron chi connectivity index (χ3n) is 4.01. The fourth-order valence-electron chi connectivity index (χ4n) is 1.91. The summed E-state index contributed by atoms with van der Waals surface area (Å²) in [5.41, 5.74) is 1.33. The average molecular weight is 196 g/mol. The molecule has 0 aromatic carbocycles. The maximum atomic E-state index is 4.03. The summed E-state index contributed by atoms with van der Waals surface area (Å²) < 4.78 is 0. The molecule has 14 heavy (non-hydrogen) atoms. The van der Waals surface area contributed by atoms with E-state index >= 15 is 0 Å². The number of allylic oxidation sites excluding steroid dienone is 1. The van der Waals surface area contributed by atoms with Crippen LogP contribution in [0, 0.1) is 23.7 Å². The molecular formula is C14H28. The number of rotatable bonds is 6. The third-order valence-corrected chi connectivity index (χ3v) is 4.01. The lowest BCUT2D eigenvalue weighted by atomic mass is 9.78. The topological polar surface area (TPSA) is 0 Å². The second-order valence-corrected chi connectivity index (χ2v) is 5.21. The average Bonchev–Trinajstić information content (AvgIpc) is 2.14. The van der Waals surface area contributed by atoms with Crippen LogP contribution in [0.1, 0.15) is 54.4 Å². The smallest absolute Gasteiger partial charge is 0.0234 e. The van der Waals surface area contributed by atoms with Gasteiger partial charge in [-0.3, -0.25) is 0 Å². The van der Waals surface area contributed by atoms with Crippen molar-refractivity contribution in [2.24, 2.45) is 23.7 Å². The fourth-order valence-corrected chi connectivity index (χ4v) is 1.91. The molecule has 0 aromatic rings. The maximum absolute atomic E-state index is 4.03. The molecular weight excluding hydrogens is 168 g/mol. The highest BCUT2D eigenvalue weighted by Crippen LogP contribution is 2.29. The minimum absolute atomic E-state index is 0.677. The molecule has 0 spiro atoms. The molecule has 84 valence electrons. The molecule has 0 aliphatic rings. The molecule has 4 atom stereocenters. The molecule has 0 aliphatic heterocycles. The van der Waals surface area contributed by atoms with E-state index in [1.165, 1.54) is 18.4 Å². The van der Waals surface area contributed by atoms with E-state index in [0.717, 1.165) is 17.8 Å². The van der Waals surface area contributed by atoms with Crippen molar-refractivity contribution in [3.8, 4) is 0 Å². The first kappa shape index (κ1) is 13.7. The quantitative estimate of drug-likeness (QED) is 0.530. The van der Waals surface area contributed by atoms with Crippen LogP contribution in [-0.4, -0.2) is 0 Å². The lowest BCUT2D eigenvalue weighted by molar-refractivity contribution is 0.244. The van der Waals surface area contributed by atoms with Crippen molar-refractivity contribution in [2.75, 3.05) is 0 Å². The van der Waals surface area contributed by atoms with Gasteiger partial charge in [-0.2, -0.15) is 0 Å². The molecule has 0 radical (unpaired) electrons. The van der Waals surface area contributed by atoms with Crippen molar-refractivity contribution in [3.63, 3.8) is 0 Å². The van der Waals surface area contributed by atoms with E-state index in [1.54, 1.807) is 0 Å². The fraction of sp³-hybridized carbons (Fsp3) is 0.857. The van der Waals surface area contributed by atoms with E-state index in [1.807, 2.05) is 0 Å². The summed E-state index contributed by atoms with van der Waals surface area (Å²) in [5.74, 6) is 3.18. The highest BCUT2D eigenvalue weighted by molar-refractivity contribution is 4.94. The Balaban J connectivity index is 4.06. The summed E-state index contributed by atoms with van der Waals surface area (Å²) in [6.07, 6.45) is 2.59. The molecule has 0 N–H and O–H groups in total. The van der Waals surface area contributed by atoms with E-state index in [0.29, 0.717) is 5.92 Å². The van der Waals surface area contributed by atoms with Gasteiger partial charge in [0.25, 0.3) is 0 Å². The van der Waals surface area contributed by atoms with Crippen molar-refractivity contribution in [1.29, 1.82) is 0 Å². The van der Waals surface area contributed by atoms with E-state index in [9.17, 15) is 0 Å². The molecule has 0 heteroatoms. The summed E-state index contributed by atoms with van der Waals surface area (Å²) in [5, 5.41) is 0. The van der Waals surface area contributed by atoms with Crippen molar-refractivity contribution < 1.29 is 0 Å². The van der Waals surface area contributed by atoms with Crippen LogP contribution in [0.2, 0.25) is 0 Å². The van der Waals surface area contributed by atoms with Crippen LogP contribution in [-0.2, 0) is 0 Å². The Morgan fingerprint density at radius 1 is 1.07 bits per heavy atom. The summed E-state index contributed by atoms with van der Waals surface area (Å²) in [6, 6.07) is 0. The van der Waals surface area contributed by atoms with Crippen LogP contribution in [0.4, 0.5) is 0 Å². The molecule has 0 fully saturated rings. The largest absolute Gasteiger partial charge is 0.0999 e. The minimum atomic E-state index is 0.677. The Kier molecular flexibility index (Phi) is 6.15. The molecule has 0 aromatic heterocycles. The SMILES string of the molecule is C=C(C)C(C)CC(C)C(C)C(C)CC. The van der Waals surface area contributed by atoms with Gasteiger partial charge in [0.2, 0.25) is 0 Å². The van der Waals surface area contributed by atoms with E-state index in [2.05, 4.69) is 48.1 Å². The van der Waals surface area contributed by atoms with Crippen molar-refractivity contribution in [3.05, 3.63) is 12.2 Å². The molecule has 4 unspecified atom stereocenters. The van der Waals surface area contributed by atoms with Crippen LogP contribution < -0.4 is 0 Å². The second-order valence-electron chi connectivity index (χ2n) is 5.21. The summed E-state index contributed by atoms with van der Waals surface area (Å²) in [4.78, 5) is 0. The van der Waals surface area contributed by atoms with Crippen LogP contribution in [0.3, 0.4) is 0 Å². The van der Waals surface area contributed by atoms with Crippen LogP contribution in [0.15, 0.2) is 12.2 Å². The molecule has 0 saturated carbocycles. The Bertz CT molecular complexity index is 169. The molecule has 0 amide bonds. The second kappa shape index (κ2) is 6.27. The van der Waals surface area contributed by atoms with Gasteiger partial charge in [0.05, 0.1) is 0 Å². The zero-order chi connectivity index (χ0) is 11.3. The molecule has 0 saturated heterocycles. The lowest BCUT2D eigenvalue weighted by Crippen LogP contribution is -2.18. The van der Waals surface area contributed by atoms with Gasteiger partial charge in [-0.25, -0.2) is 0 Å². The Morgan fingerprint density at radius 2 is 1.57 bits per heavy atom. The minimum Gasteiger partial charge on any atom is -0.0999 e. The standard InChI is InChI=1S/C14H28/c1-8-11(4)14(7)13(6)9-12(5)10(2)3/h11-14H,2,8-9H2,1,3-7H3. The first-order chi connectivity index (χ1) is 6.40. The zero-order valence-electron chi connectivity index (χ0n) is 10.9. The van der Waals surface area contributed by atoms with Gasteiger partial charge in [0, 0.05) is 0 Å². The van der Waals surface area contributed by atoms with Crippen LogP contribution in [0.5, 0.6) is 0 Å². The molecule has 0 aliphatic carbocycles. The highest BCUT2D eigenvalue weighted by Gasteiger charge is 2.19. The van der Waals surface area contributed by atoms with Crippen LogP contribution in [0.25, 0.3) is 0 Å². The van der Waals surface area contributed by atoms with Gasteiger partial charge in [0.1, 0.15) is 0 Å². The predicted molar refractivity (Wildman–Crippen MR) is 66.4 cm³/mol. The Hall–Kier alpha value is -0.260. The Labute approximate surface area is 90.8 Å². The van der Waals surface area contributed by atoms with Crippen molar-refractivity contribution >= 4 is 0 Å². The van der Waals surface area contributed by atoms with Gasteiger partial charge in [0.15, 0.2) is 0 Å². The van der Waals surface area contributed by atoms with Gasteiger partial charge < -0.3 is 0 Å². The van der Waals surface area contributed by atoms with E-state index < -0.39 is 0 Å². The maximum Gasteiger partial charge on any atom is -0.0234 e. The van der Waals surface area contributed by atoms with Crippen LogP contribution >= 0.6 is 0 Å². The summed E-state index contributed by atoms with van der Waals surface area (Å²) in [6.45, 7) is 17.9. The molecule has 0 nitrogen and oxygen atoms in total. The first-order valence-electron chi connectivity index (χ1n) is 6.05. The monoisotopic (exact) mass is 196 g/mol. The van der Waals surface area contributed by atoms with Gasteiger partial charge in [-0.05, 0) is 37.0 Å². The van der Waals surface area contributed by atoms with Crippen molar-refractivity contribution in [1.82, 2.24) is 0 Å². The highest BCUT2D eigenvalue weighted by atomic mass is 14.2. The number of hydrogen-bond acceptors (Lipinski definition) is 0. The van der Waals surface area contributed by atoms with Gasteiger partial charge in [-0.1, -0.05) is 53.2 Å². The lowest BCUT2D eigenvalue weighted by Gasteiger charge is -2.27. The van der Waals surface area contributed by atoms with E-state index in [-0.39, 0.29) is 0 Å². The van der Waals surface area contributed by atoms with Gasteiger partial charge >= 0.3 is 0 Å². The van der Waals surface area contributed by atoms with Gasteiger partial charge in [-0.15, -0.1) is 0 Å². The molecule has 0 rings (SSSR count). The summed E-state index contributed by atoms with van der Waals surface area (Å²) in [7, 11) is 0. The number of hydrogen-bond donors (Lipinski definition) is 0. The molecule has 0 heterocycles. The Morgan fingerprint density at radius 3 is 1.93 bits per heavy atom. The zero-order valence-corrected chi connectivity index (χ0v) is 10.9. The summed E-state index contributed by atoms with van der Waals surface area (Å²) >= 11 is 0. The predicted octanol–water partition coefficient (Wildman–Crippen LogP) is 4.91.